The number of thiazole rings is 1. The van der Waals surface area contributed by atoms with Crippen LogP contribution in [0.3, 0.4) is 0 Å². The molecule has 1 amide bonds. The first-order valence-corrected chi connectivity index (χ1v) is 10.7. The quantitative estimate of drug-likeness (QED) is 0.398. The number of ketones is 1. The molecular formula is C19H15F3N8O4S. The van der Waals surface area contributed by atoms with Gasteiger partial charge in [0.2, 0.25) is 11.7 Å². The Bertz CT molecular complexity index is 1550. The van der Waals surface area contributed by atoms with Crippen molar-refractivity contribution in [2.24, 2.45) is 0 Å². The normalized spacial score (nSPS) is 12.6. The Morgan fingerprint density at radius 2 is 1.86 bits per heavy atom. The molecule has 0 aliphatic carbocycles. The lowest BCUT2D eigenvalue weighted by atomic mass is 10.2. The number of rotatable bonds is 6. The van der Waals surface area contributed by atoms with Crippen molar-refractivity contribution in [1.29, 1.82) is 0 Å². The fourth-order valence-corrected chi connectivity index (χ4v) is 3.91. The van der Waals surface area contributed by atoms with Crippen LogP contribution in [-0.2, 0) is 22.3 Å². The molecule has 0 aliphatic heterocycles. The average Bonchev–Trinajstić information content (AvgIpc) is 3.42. The maximum absolute atomic E-state index is 13.0. The van der Waals surface area contributed by atoms with Crippen LogP contribution in [0.2, 0.25) is 0 Å². The summed E-state index contributed by atoms with van der Waals surface area (Å²) in [7, 11) is 0. The topological polar surface area (TPSA) is 158 Å². The zero-order chi connectivity index (χ0) is 25.5. The molecule has 0 fully saturated rings. The van der Waals surface area contributed by atoms with Crippen molar-refractivity contribution in [3.63, 3.8) is 0 Å². The van der Waals surface area contributed by atoms with Crippen LogP contribution in [0.15, 0.2) is 33.8 Å². The number of aromatic amines is 1. The average molecular weight is 508 g/mol. The lowest BCUT2D eigenvalue weighted by molar-refractivity contribution is -0.145. The number of nitrogens with one attached hydrogen (secondary N) is 2. The molecule has 4 aromatic rings. The molecule has 0 radical (unpaired) electrons. The Balaban J connectivity index is 1.63. The molecule has 0 spiro atoms. The molecular weight excluding hydrogens is 493 g/mol. The lowest BCUT2D eigenvalue weighted by Crippen LogP contribution is -2.38. The number of hydrogen-bond acceptors (Lipinski definition) is 9. The summed E-state index contributed by atoms with van der Waals surface area (Å²) in [6.07, 6.45) is -1.56. The molecule has 35 heavy (non-hydrogen) atoms. The summed E-state index contributed by atoms with van der Waals surface area (Å²) in [6, 6.07) is -1.03. The van der Waals surface area contributed by atoms with Gasteiger partial charge in [-0.15, -0.1) is 11.3 Å². The van der Waals surface area contributed by atoms with E-state index in [2.05, 4.69) is 30.2 Å². The molecule has 0 aliphatic rings. The number of Topliss-reactive ketones (excluding diaryl/α,β-unsaturated/α-hetero) is 1. The second-order valence-electron chi connectivity index (χ2n) is 7.36. The second-order valence-corrected chi connectivity index (χ2v) is 8.22. The van der Waals surface area contributed by atoms with Gasteiger partial charge in [-0.2, -0.15) is 13.2 Å². The Labute approximate surface area is 196 Å². The van der Waals surface area contributed by atoms with Gasteiger partial charge >= 0.3 is 11.9 Å². The van der Waals surface area contributed by atoms with Gasteiger partial charge in [-0.1, -0.05) is 0 Å². The van der Waals surface area contributed by atoms with Gasteiger partial charge in [-0.05, 0) is 13.8 Å². The third-order valence-corrected chi connectivity index (χ3v) is 5.74. The van der Waals surface area contributed by atoms with E-state index < -0.39 is 47.5 Å². The van der Waals surface area contributed by atoms with E-state index in [1.165, 1.54) is 30.3 Å². The van der Waals surface area contributed by atoms with Crippen LogP contribution < -0.4 is 16.6 Å². The molecule has 2 N–H and O–H groups in total. The first-order valence-electron chi connectivity index (χ1n) is 9.80. The zero-order valence-electron chi connectivity index (χ0n) is 18.0. The van der Waals surface area contributed by atoms with Crippen LogP contribution in [0.4, 0.5) is 19.0 Å². The van der Waals surface area contributed by atoms with Gasteiger partial charge in [0.25, 0.3) is 5.56 Å². The van der Waals surface area contributed by atoms with Crippen LogP contribution in [-0.4, -0.2) is 45.7 Å². The number of nitrogens with zero attached hydrogens (tertiary/aromatic N) is 6. The number of amides is 1. The van der Waals surface area contributed by atoms with E-state index >= 15 is 0 Å². The number of alkyl halides is 3. The highest BCUT2D eigenvalue weighted by Gasteiger charge is 2.34. The standard InChI is InChI=1S/C19H15F3N8O4S/c1-8(31)5-29-16(33)11-13(28-18(29)34)25-6-30(11)9(2)15(32)27-14-12(35-7-26-14)10-3-23-17(24-4-10)19(20,21)22/h3-4,6-7,9H,5H2,1-2H3,(H,27,32)(H,28,34)/t9-/m0/s1. The summed E-state index contributed by atoms with van der Waals surface area (Å²) < 4.78 is 40.1. The highest BCUT2D eigenvalue weighted by atomic mass is 32.1. The van der Waals surface area contributed by atoms with Gasteiger partial charge in [0.1, 0.15) is 11.8 Å². The number of hydrogen-bond donors (Lipinski definition) is 2. The summed E-state index contributed by atoms with van der Waals surface area (Å²) >= 11 is 1.05. The Hall–Kier alpha value is -4.21. The van der Waals surface area contributed by atoms with Crippen LogP contribution >= 0.6 is 11.3 Å². The van der Waals surface area contributed by atoms with Gasteiger partial charge < -0.3 is 9.88 Å². The SMILES string of the molecule is CC(=O)Cn1c(=O)[nH]c2ncn([C@@H](C)C(=O)Nc3ncsc3-c3cnc(C(F)(F)F)nc3)c2c1=O. The third-order valence-electron chi connectivity index (χ3n) is 4.87. The van der Waals surface area contributed by atoms with E-state index in [4.69, 9.17) is 0 Å². The Morgan fingerprint density at radius 1 is 1.17 bits per heavy atom. The maximum Gasteiger partial charge on any atom is 0.451 e. The van der Waals surface area contributed by atoms with E-state index in [0.717, 1.165) is 23.7 Å². The highest BCUT2D eigenvalue weighted by molar-refractivity contribution is 7.13. The molecule has 0 saturated carbocycles. The van der Waals surface area contributed by atoms with Crippen LogP contribution in [0.5, 0.6) is 0 Å². The number of carbonyl (C=O) groups is 2. The minimum absolute atomic E-state index is 0.0574. The first-order chi connectivity index (χ1) is 16.5. The summed E-state index contributed by atoms with van der Waals surface area (Å²) in [5, 5.41) is 2.56. The number of anilines is 1. The molecule has 182 valence electrons. The number of halogens is 3. The molecule has 4 heterocycles. The summed E-state index contributed by atoms with van der Waals surface area (Å²) in [5.41, 5.74) is -0.177. The number of H-pyrrole nitrogens is 1. The number of fused-ring (bicyclic) bond motifs is 1. The largest absolute Gasteiger partial charge is 0.451 e. The molecule has 0 aromatic carbocycles. The van der Waals surface area contributed by atoms with E-state index in [1.54, 1.807) is 0 Å². The van der Waals surface area contributed by atoms with E-state index in [9.17, 15) is 32.3 Å². The van der Waals surface area contributed by atoms with E-state index in [0.29, 0.717) is 9.44 Å². The van der Waals surface area contributed by atoms with Crippen molar-refractivity contribution in [2.75, 3.05) is 5.32 Å². The molecule has 16 heteroatoms. The number of aromatic nitrogens is 7. The fraction of sp³-hybridized carbons (Fsp3) is 0.263. The second kappa shape index (κ2) is 8.86. The molecule has 4 aromatic heterocycles. The van der Waals surface area contributed by atoms with E-state index in [1.807, 2.05) is 0 Å². The summed E-state index contributed by atoms with van der Waals surface area (Å²) in [4.78, 5) is 66.7. The van der Waals surface area contributed by atoms with Crippen molar-refractivity contribution in [3.05, 3.63) is 50.9 Å². The van der Waals surface area contributed by atoms with Gasteiger partial charge in [0.05, 0.1) is 23.3 Å². The number of carbonyl (C=O) groups excluding carboxylic acids is 2. The van der Waals surface area contributed by atoms with Gasteiger partial charge in [-0.25, -0.2) is 24.7 Å². The van der Waals surface area contributed by atoms with Gasteiger partial charge in [-0.3, -0.25) is 23.9 Å². The first kappa shape index (κ1) is 23.9. The fourth-order valence-electron chi connectivity index (χ4n) is 3.19. The summed E-state index contributed by atoms with van der Waals surface area (Å²) in [6.45, 7) is 2.23. The lowest BCUT2D eigenvalue weighted by Gasteiger charge is -2.14. The van der Waals surface area contributed by atoms with Crippen LogP contribution in [0, 0.1) is 0 Å². The summed E-state index contributed by atoms with van der Waals surface area (Å²) in [5.74, 6) is -2.29. The van der Waals surface area contributed by atoms with Crippen molar-refractivity contribution >= 4 is 40.0 Å². The minimum Gasteiger partial charge on any atom is -0.312 e. The van der Waals surface area contributed by atoms with Crippen molar-refractivity contribution in [3.8, 4) is 10.4 Å². The maximum atomic E-state index is 13.0. The van der Waals surface area contributed by atoms with Gasteiger partial charge in [0, 0.05) is 18.0 Å². The molecule has 0 bridgehead atoms. The molecule has 12 nitrogen and oxygen atoms in total. The molecule has 4 rings (SSSR count). The monoisotopic (exact) mass is 508 g/mol. The smallest absolute Gasteiger partial charge is 0.312 e. The Morgan fingerprint density at radius 3 is 2.49 bits per heavy atom. The van der Waals surface area contributed by atoms with Gasteiger partial charge in [0.15, 0.2) is 17.0 Å². The molecule has 0 saturated heterocycles. The Kier molecular flexibility index (Phi) is 6.06. The van der Waals surface area contributed by atoms with Crippen molar-refractivity contribution in [1.82, 2.24) is 34.1 Å². The van der Waals surface area contributed by atoms with Crippen LogP contribution in [0.25, 0.3) is 21.6 Å². The van der Waals surface area contributed by atoms with Crippen molar-refractivity contribution < 1.29 is 22.8 Å². The van der Waals surface area contributed by atoms with Crippen LogP contribution in [0.1, 0.15) is 25.7 Å². The predicted molar refractivity (Wildman–Crippen MR) is 117 cm³/mol. The highest BCUT2D eigenvalue weighted by Crippen LogP contribution is 2.32. The van der Waals surface area contributed by atoms with E-state index in [-0.39, 0.29) is 22.5 Å². The minimum atomic E-state index is -4.69. The zero-order valence-corrected chi connectivity index (χ0v) is 18.8. The molecule has 1 atom stereocenters. The number of imidazole rings is 1. The third kappa shape index (κ3) is 4.59. The predicted octanol–water partition coefficient (Wildman–Crippen LogP) is 1.61. The molecule has 0 unspecified atom stereocenters. The van der Waals surface area contributed by atoms with Crippen molar-refractivity contribution in [2.45, 2.75) is 32.6 Å².